The average molecular weight is 255 g/mol. The molecule has 94 valence electrons. The number of ether oxygens (including phenoxy) is 1. The van der Waals surface area contributed by atoms with Crippen molar-refractivity contribution in [2.75, 3.05) is 7.11 Å². The Morgan fingerprint density at radius 2 is 1.94 bits per heavy atom. The lowest BCUT2D eigenvalue weighted by molar-refractivity contribution is -0.141. The number of halogens is 5. The molecule has 0 saturated carbocycles. The Labute approximate surface area is 92.2 Å². The third kappa shape index (κ3) is 2.89. The summed E-state index contributed by atoms with van der Waals surface area (Å²) in [6.45, 7) is 0. The van der Waals surface area contributed by atoms with Gasteiger partial charge in [0.2, 0.25) is 0 Å². The van der Waals surface area contributed by atoms with Crippen molar-refractivity contribution in [1.29, 1.82) is 0 Å². The molecule has 0 bridgehead atoms. The lowest BCUT2D eigenvalue weighted by Crippen LogP contribution is -2.14. The van der Waals surface area contributed by atoms with E-state index in [0.717, 1.165) is 7.11 Å². The van der Waals surface area contributed by atoms with Crippen LogP contribution in [0.5, 0.6) is 0 Å². The molecule has 0 unspecified atom stereocenters. The quantitative estimate of drug-likeness (QED) is 0.602. The molecule has 0 atom stereocenters. The molecule has 3 nitrogen and oxygen atoms in total. The molecule has 0 amide bonds. The standard InChI is InChI=1S/C9H6F5NO2/c1-17-8(16)4-2-3-5(9(12,13)14)15-6(4)7(10)11/h2-3,7H,1H3. The highest BCUT2D eigenvalue weighted by molar-refractivity contribution is 5.90. The Morgan fingerprint density at radius 3 is 2.35 bits per heavy atom. The van der Waals surface area contributed by atoms with E-state index in [9.17, 15) is 26.7 Å². The third-order valence-corrected chi connectivity index (χ3v) is 1.83. The molecule has 0 N–H and O–H groups in total. The van der Waals surface area contributed by atoms with Crippen molar-refractivity contribution in [1.82, 2.24) is 4.98 Å². The van der Waals surface area contributed by atoms with Crippen LogP contribution in [0, 0.1) is 0 Å². The minimum absolute atomic E-state index is 0.443. The second-order valence-electron chi connectivity index (χ2n) is 2.92. The summed E-state index contributed by atoms with van der Waals surface area (Å²) in [6.07, 6.45) is -8.15. The van der Waals surface area contributed by atoms with Crippen LogP contribution < -0.4 is 0 Å². The van der Waals surface area contributed by atoms with Crippen LogP contribution in [0.2, 0.25) is 0 Å². The van der Waals surface area contributed by atoms with Crippen molar-refractivity contribution in [3.63, 3.8) is 0 Å². The second-order valence-corrected chi connectivity index (χ2v) is 2.92. The van der Waals surface area contributed by atoms with Crippen LogP contribution in [0.25, 0.3) is 0 Å². The van der Waals surface area contributed by atoms with Crippen molar-refractivity contribution >= 4 is 5.97 Å². The van der Waals surface area contributed by atoms with Crippen molar-refractivity contribution < 1.29 is 31.5 Å². The van der Waals surface area contributed by atoms with Crippen molar-refractivity contribution in [3.8, 4) is 0 Å². The zero-order valence-corrected chi connectivity index (χ0v) is 8.39. The summed E-state index contributed by atoms with van der Waals surface area (Å²) in [5, 5.41) is 0. The van der Waals surface area contributed by atoms with Gasteiger partial charge in [-0.25, -0.2) is 18.6 Å². The highest BCUT2D eigenvalue weighted by Gasteiger charge is 2.34. The van der Waals surface area contributed by atoms with Gasteiger partial charge in [0.15, 0.2) is 0 Å². The molecule has 1 aromatic heterocycles. The summed E-state index contributed by atoms with van der Waals surface area (Å²) in [4.78, 5) is 13.8. The Balaban J connectivity index is 3.32. The van der Waals surface area contributed by atoms with Crippen molar-refractivity contribution in [2.24, 2.45) is 0 Å². The number of alkyl halides is 5. The van der Waals surface area contributed by atoms with Crippen LogP contribution in [0.1, 0.15) is 28.2 Å². The van der Waals surface area contributed by atoms with Gasteiger partial charge in [0, 0.05) is 0 Å². The third-order valence-electron chi connectivity index (χ3n) is 1.83. The molecule has 1 aromatic rings. The van der Waals surface area contributed by atoms with Gasteiger partial charge >= 0.3 is 12.1 Å². The molecule has 0 aromatic carbocycles. The van der Waals surface area contributed by atoms with E-state index in [4.69, 9.17) is 0 Å². The molecule has 0 saturated heterocycles. The molecule has 0 aliphatic heterocycles. The first-order valence-corrected chi connectivity index (χ1v) is 4.22. The van der Waals surface area contributed by atoms with Crippen molar-refractivity contribution in [3.05, 3.63) is 29.1 Å². The number of hydrogen-bond donors (Lipinski definition) is 0. The summed E-state index contributed by atoms with van der Waals surface area (Å²) in [5.41, 5.74) is -3.41. The topological polar surface area (TPSA) is 39.2 Å². The predicted molar refractivity (Wildman–Crippen MR) is 45.5 cm³/mol. The zero-order valence-electron chi connectivity index (χ0n) is 8.39. The normalized spacial score (nSPS) is 11.7. The molecule has 1 rings (SSSR count). The van der Waals surface area contributed by atoms with Gasteiger partial charge in [0.25, 0.3) is 6.43 Å². The highest BCUT2D eigenvalue weighted by atomic mass is 19.4. The number of carbonyl (C=O) groups excluding carboxylic acids is 1. The first kappa shape index (κ1) is 13.3. The molecule has 0 aliphatic carbocycles. The summed E-state index contributed by atoms with van der Waals surface area (Å²) in [7, 11) is 0.926. The molecule has 0 radical (unpaired) electrons. The van der Waals surface area contributed by atoms with Gasteiger partial charge < -0.3 is 4.74 Å². The largest absolute Gasteiger partial charge is 0.465 e. The summed E-state index contributed by atoms with van der Waals surface area (Å²) >= 11 is 0. The maximum atomic E-state index is 12.5. The summed E-state index contributed by atoms with van der Waals surface area (Å²) < 4.78 is 65.7. The first-order valence-electron chi connectivity index (χ1n) is 4.22. The van der Waals surface area contributed by atoms with E-state index in [1.807, 2.05) is 0 Å². The smallest absolute Gasteiger partial charge is 0.433 e. The minimum Gasteiger partial charge on any atom is -0.465 e. The van der Waals surface area contributed by atoms with Crippen LogP contribution in [0.15, 0.2) is 12.1 Å². The van der Waals surface area contributed by atoms with E-state index < -0.39 is 35.5 Å². The number of rotatable bonds is 2. The van der Waals surface area contributed by atoms with E-state index in [1.54, 1.807) is 0 Å². The number of aromatic nitrogens is 1. The fraction of sp³-hybridized carbons (Fsp3) is 0.333. The lowest BCUT2D eigenvalue weighted by atomic mass is 10.1. The Kier molecular flexibility index (Phi) is 3.64. The molecule has 0 fully saturated rings. The summed E-state index contributed by atoms with van der Waals surface area (Å²) in [6, 6.07) is 1.06. The molecular weight excluding hydrogens is 249 g/mol. The lowest BCUT2D eigenvalue weighted by Gasteiger charge is -2.10. The van der Waals surface area contributed by atoms with Crippen LogP contribution in [-0.2, 0) is 10.9 Å². The summed E-state index contributed by atoms with van der Waals surface area (Å²) in [5.74, 6) is -1.17. The minimum atomic E-state index is -4.85. The van der Waals surface area contributed by atoms with Gasteiger partial charge in [-0.1, -0.05) is 0 Å². The fourth-order valence-electron chi connectivity index (χ4n) is 1.08. The number of esters is 1. The Bertz CT molecular complexity index is 430. The number of nitrogens with zero attached hydrogens (tertiary/aromatic N) is 1. The van der Waals surface area contributed by atoms with E-state index in [2.05, 4.69) is 9.72 Å². The molecule has 0 spiro atoms. The fourth-order valence-corrected chi connectivity index (χ4v) is 1.08. The van der Waals surface area contributed by atoms with Gasteiger partial charge in [0.1, 0.15) is 11.4 Å². The SMILES string of the molecule is COC(=O)c1ccc(C(F)(F)F)nc1C(F)F. The van der Waals surface area contributed by atoms with E-state index in [0.29, 0.717) is 12.1 Å². The van der Waals surface area contributed by atoms with Gasteiger partial charge in [-0.3, -0.25) is 0 Å². The molecule has 1 heterocycles. The molecule has 8 heteroatoms. The maximum Gasteiger partial charge on any atom is 0.433 e. The Morgan fingerprint density at radius 1 is 1.35 bits per heavy atom. The Hall–Kier alpha value is -1.73. The zero-order chi connectivity index (χ0) is 13.2. The number of methoxy groups -OCH3 is 1. The van der Waals surface area contributed by atoms with Crippen LogP contribution in [0.4, 0.5) is 22.0 Å². The van der Waals surface area contributed by atoms with Crippen LogP contribution >= 0.6 is 0 Å². The van der Waals surface area contributed by atoms with Gasteiger partial charge in [-0.15, -0.1) is 0 Å². The van der Waals surface area contributed by atoms with Gasteiger partial charge in [-0.2, -0.15) is 13.2 Å². The van der Waals surface area contributed by atoms with Gasteiger partial charge in [-0.05, 0) is 12.1 Å². The van der Waals surface area contributed by atoms with E-state index >= 15 is 0 Å². The predicted octanol–water partition coefficient (Wildman–Crippen LogP) is 2.82. The maximum absolute atomic E-state index is 12.5. The van der Waals surface area contributed by atoms with Crippen molar-refractivity contribution in [2.45, 2.75) is 12.6 Å². The van der Waals surface area contributed by atoms with Gasteiger partial charge in [0.05, 0.1) is 12.7 Å². The van der Waals surface area contributed by atoms with Crippen LogP contribution in [-0.4, -0.2) is 18.1 Å². The average Bonchev–Trinajstić information content (AvgIpc) is 2.25. The number of pyridine rings is 1. The van der Waals surface area contributed by atoms with E-state index in [-0.39, 0.29) is 0 Å². The molecule has 17 heavy (non-hydrogen) atoms. The second kappa shape index (κ2) is 4.64. The molecule has 0 aliphatic rings. The van der Waals surface area contributed by atoms with E-state index in [1.165, 1.54) is 0 Å². The highest BCUT2D eigenvalue weighted by Crippen LogP contribution is 2.30. The first-order chi connectivity index (χ1) is 7.77. The molecular formula is C9H6F5NO2. The monoisotopic (exact) mass is 255 g/mol. The number of hydrogen-bond acceptors (Lipinski definition) is 3. The number of carbonyl (C=O) groups is 1. The van der Waals surface area contributed by atoms with Crippen LogP contribution in [0.3, 0.4) is 0 Å².